The first-order valence-corrected chi connectivity index (χ1v) is 8.08. The normalized spacial score (nSPS) is 14.1. The van der Waals surface area contributed by atoms with Crippen LogP contribution in [0.15, 0.2) is 51.4 Å². The number of nitrogens with two attached hydrogens (primary N) is 1. The second-order valence-corrected chi connectivity index (χ2v) is 6.60. The lowest BCUT2D eigenvalue weighted by Crippen LogP contribution is -2.20. The Hall–Kier alpha value is -0.390. The lowest BCUT2D eigenvalue weighted by molar-refractivity contribution is 0.147. The van der Waals surface area contributed by atoms with Crippen LogP contribution in [0.4, 0.5) is 0 Å². The lowest BCUT2D eigenvalue weighted by Gasteiger charge is -2.23. The average molecular weight is 420 g/mol. The molecule has 0 aromatic heterocycles. The molecule has 0 saturated heterocycles. The molecular weight excluding hydrogens is 405 g/mol. The molecule has 2 unspecified atom stereocenters. The van der Waals surface area contributed by atoms with Crippen LogP contribution in [-0.4, -0.2) is 11.7 Å². The summed E-state index contributed by atoms with van der Waals surface area (Å²) in [7, 11) is 0. The Morgan fingerprint density at radius 3 is 2.40 bits per heavy atom. The van der Waals surface area contributed by atoms with Gasteiger partial charge in [-0.05, 0) is 45.3 Å². The monoisotopic (exact) mass is 417 g/mol. The molecule has 0 fully saturated rings. The lowest BCUT2D eigenvalue weighted by atomic mass is 9.89. The number of benzene rings is 2. The van der Waals surface area contributed by atoms with E-state index in [-0.39, 0.29) is 5.92 Å². The second kappa shape index (κ2) is 7.05. The number of halogens is 3. The largest absolute Gasteiger partial charge is 0.388 e. The molecule has 2 atom stereocenters. The Morgan fingerprint density at radius 2 is 1.80 bits per heavy atom. The maximum atomic E-state index is 10.6. The third-order valence-electron chi connectivity index (χ3n) is 3.22. The van der Waals surface area contributed by atoms with Crippen molar-refractivity contribution in [1.29, 1.82) is 0 Å². The van der Waals surface area contributed by atoms with Crippen LogP contribution >= 0.6 is 43.5 Å². The first kappa shape index (κ1) is 16.0. The van der Waals surface area contributed by atoms with E-state index in [2.05, 4.69) is 31.9 Å². The third-order valence-corrected chi connectivity index (χ3v) is 5.18. The molecule has 3 N–H and O–H groups in total. The molecule has 20 heavy (non-hydrogen) atoms. The van der Waals surface area contributed by atoms with Gasteiger partial charge in [0, 0.05) is 21.4 Å². The summed E-state index contributed by atoms with van der Waals surface area (Å²) in [4.78, 5) is 0. The molecule has 2 aromatic carbocycles. The van der Waals surface area contributed by atoms with Gasteiger partial charge in [0.05, 0.1) is 11.1 Å². The highest BCUT2D eigenvalue weighted by Crippen LogP contribution is 2.36. The number of hydrogen-bond donors (Lipinski definition) is 2. The standard InChI is InChI=1S/C15H14Br2ClNO/c16-12-4-2-1-3-10(12)11(8-19)15(20)9-5-6-13(17)14(18)7-9/h1-7,11,15,20H,8,19H2. The maximum absolute atomic E-state index is 10.6. The minimum atomic E-state index is -0.704. The van der Waals surface area contributed by atoms with E-state index < -0.39 is 6.10 Å². The van der Waals surface area contributed by atoms with Gasteiger partial charge in [0.1, 0.15) is 0 Å². The highest BCUT2D eigenvalue weighted by atomic mass is 79.9. The van der Waals surface area contributed by atoms with Crippen molar-refractivity contribution in [3.05, 3.63) is 67.6 Å². The van der Waals surface area contributed by atoms with Crippen molar-refractivity contribution in [2.45, 2.75) is 12.0 Å². The maximum Gasteiger partial charge on any atom is 0.0871 e. The van der Waals surface area contributed by atoms with Gasteiger partial charge in [0.2, 0.25) is 0 Å². The SMILES string of the molecule is NCC(c1ccccc1Br)C(O)c1ccc(Br)c(Cl)c1. The van der Waals surface area contributed by atoms with Crippen molar-refractivity contribution in [3.8, 4) is 0 Å². The van der Waals surface area contributed by atoms with E-state index >= 15 is 0 Å². The molecule has 2 aromatic rings. The first-order chi connectivity index (χ1) is 9.54. The molecule has 2 nitrogen and oxygen atoms in total. The van der Waals surface area contributed by atoms with Gasteiger partial charge in [-0.25, -0.2) is 0 Å². The zero-order valence-electron chi connectivity index (χ0n) is 10.6. The van der Waals surface area contributed by atoms with E-state index in [0.717, 1.165) is 20.1 Å². The van der Waals surface area contributed by atoms with Gasteiger partial charge < -0.3 is 10.8 Å². The molecule has 0 aliphatic rings. The van der Waals surface area contributed by atoms with Gasteiger partial charge in [-0.2, -0.15) is 0 Å². The Bertz CT molecular complexity index is 606. The van der Waals surface area contributed by atoms with E-state index in [1.807, 2.05) is 36.4 Å². The quantitative estimate of drug-likeness (QED) is 0.758. The fourth-order valence-corrected chi connectivity index (χ4v) is 3.14. The molecular formula is C15H14Br2ClNO. The number of aliphatic hydroxyl groups excluding tert-OH is 1. The van der Waals surface area contributed by atoms with Gasteiger partial charge >= 0.3 is 0 Å². The number of rotatable bonds is 4. The van der Waals surface area contributed by atoms with Crippen LogP contribution in [0.2, 0.25) is 5.02 Å². The third kappa shape index (κ3) is 3.43. The van der Waals surface area contributed by atoms with Gasteiger partial charge in [0.15, 0.2) is 0 Å². The summed E-state index contributed by atoms with van der Waals surface area (Å²) < 4.78 is 1.75. The summed E-state index contributed by atoms with van der Waals surface area (Å²) in [5, 5.41) is 11.2. The molecule has 5 heteroatoms. The fraction of sp³-hybridized carbons (Fsp3) is 0.200. The van der Waals surface area contributed by atoms with Crippen molar-refractivity contribution in [2.24, 2.45) is 5.73 Å². The summed E-state index contributed by atoms with van der Waals surface area (Å²) in [6.07, 6.45) is -0.704. The predicted octanol–water partition coefficient (Wildman–Crippen LogP) is 4.64. The molecule has 2 rings (SSSR count). The van der Waals surface area contributed by atoms with E-state index in [9.17, 15) is 5.11 Å². The summed E-state index contributed by atoms with van der Waals surface area (Å²) in [6, 6.07) is 13.2. The van der Waals surface area contributed by atoms with Gasteiger partial charge in [-0.1, -0.05) is 51.8 Å². The van der Waals surface area contributed by atoms with E-state index in [1.54, 1.807) is 6.07 Å². The summed E-state index contributed by atoms with van der Waals surface area (Å²) in [5.41, 5.74) is 7.60. The number of aliphatic hydroxyl groups is 1. The molecule has 0 bridgehead atoms. The molecule has 0 aliphatic carbocycles. The van der Waals surface area contributed by atoms with Crippen LogP contribution in [0.25, 0.3) is 0 Å². The molecule has 0 aliphatic heterocycles. The van der Waals surface area contributed by atoms with E-state index in [4.69, 9.17) is 17.3 Å². The van der Waals surface area contributed by atoms with Crippen molar-refractivity contribution in [2.75, 3.05) is 6.54 Å². The fourth-order valence-electron chi connectivity index (χ4n) is 2.13. The van der Waals surface area contributed by atoms with Crippen LogP contribution in [0, 0.1) is 0 Å². The van der Waals surface area contributed by atoms with Crippen molar-refractivity contribution in [1.82, 2.24) is 0 Å². The highest BCUT2D eigenvalue weighted by Gasteiger charge is 2.23. The molecule has 0 amide bonds. The van der Waals surface area contributed by atoms with Gasteiger partial charge in [-0.15, -0.1) is 0 Å². The zero-order chi connectivity index (χ0) is 14.7. The Kier molecular flexibility index (Phi) is 5.64. The van der Waals surface area contributed by atoms with E-state index in [1.165, 1.54) is 0 Å². The molecule has 106 valence electrons. The summed E-state index contributed by atoms with van der Waals surface area (Å²) in [5.74, 6) is -0.192. The average Bonchev–Trinajstić information content (AvgIpc) is 2.44. The highest BCUT2D eigenvalue weighted by molar-refractivity contribution is 9.10. The van der Waals surface area contributed by atoms with E-state index in [0.29, 0.717) is 11.6 Å². The smallest absolute Gasteiger partial charge is 0.0871 e. The molecule has 0 heterocycles. The van der Waals surface area contributed by atoms with Gasteiger partial charge in [-0.3, -0.25) is 0 Å². The summed E-state index contributed by atoms with van der Waals surface area (Å²) >= 11 is 12.9. The molecule has 0 spiro atoms. The van der Waals surface area contributed by atoms with Crippen molar-refractivity contribution in [3.63, 3.8) is 0 Å². The Balaban J connectivity index is 2.36. The van der Waals surface area contributed by atoms with Gasteiger partial charge in [0.25, 0.3) is 0 Å². The van der Waals surface area contributed by atoms with Crippen LogP contribution in [0.3, 0.4) is 0 Å². The minimum absolute atomic E-state index is 0.192. The van der Waals surface area contributed by atoms with Crippen LogP contribution in [-0.2, 0) is 0 Å². The zero-order valence-corrected chi connectivity index (χ0v) is 14.5. The topological polar surface area (TPSA) is 46.2 Å². The van der Waals surface area contributed by atoms with Crippen LogP contribution in [0.1, 0.15) is 23.1 Å². The predicted molar refractivity (Wildman–Crippen MR) is 90.0 cm³/mol. The molecule has 0 saturated carbocycles. The van der Waals surface area contributed by atoms with Crippen LogP contribution in [0.5, 0.6) is 0 Å². The second-order valence-electron chi connectivity index (χ2n) is 4.48. The summed E-state index contributed by atoms with van der Waals surface area (Å²) in [6.45, 7) is 0.345. The van der Waals surface area contributed by atoms with Crippen LogP contribution < -0.4 is 5.73 Å². The first-order valence-electron chi connectivity index (χ1n) is 6.12. The van der Waals surface area contributed by atoms with Crippen molar-refractivity contribution < 1.29 is 5.11 Å². The Morgan fingerprint density at radius 1 is 1.10 bits per heavy atom. The van der Waals surface area contributed by atoms with Crippen molar-refractivity contribution >= 4 is 43.5 Å². The number of hydrogen-bond acceptors (Lipinski definition) is 2. The molecule has 0 radical (unpaired) electrons. The Labute approximate surface area is 140 Å². The minimum Gasteiger partial charge on any atom is -0.388 e.